The molecule has 2 aromatic heterocycles. The molecule has 234 valence electrons. The van der Waals surface area contributed by atoms with Gasteiger partial charge in [-0.25, -0.2) is 14.1 Å². The number of esters is 1. The highest BCUT2D eigenvalue weighted by Crippen LogP contribution is 2.63. The Labute approximate surface area is 257 Å². The second kappa shape index (κ2) is 11.5. The van der Waals surface area contributed by atoms with Crippen LogP contribution in [0.4, 0.5) is 5.82 Å². The molecule has 2 aromatic carbocycles. The first kappa shape index (κ1) is 30.7. The van der Waals surface area contributed by atoms with E-state index in [-0.39, 0.29) is 23.7 Å². The van der Waals surface area contributed by atoms with Crippen LogP contribution in [0.2, 0.25) is 0 Å². The van der Waals surface area contributed by atoms with Crippen LogP contribution in [0.5, 0.6) is 5.75 Å². The van der Waals surface area contributed by atoms with Crippen molar-refractivity contribution in [1.29, 1.82) is 5.26 Å². The van der Waals surface area contributed by atoms with Gasteiger partial charge in [-0.05, 0) is 50.1 Å². The molecule has 45 heavy (non-hydrogen) atoms. The summed E-state index contributed by atoms with van der Waals surface area (Å²) in [5, 5.41) is 40.1. The molecular formula is C30H31N6O8P. The van der Waals surface area contributed by atoms with E-state index in [2.05, 4.69) is 15.2 Å². The molecule has 3 heterocycles. The molecule has 0 radical (unpaired) electrons. The molecule has 7 atom stereocenters. The Kier molecular flexibility index (Phi) is 7.86. The van der Waals surface area contributed by atoms with Gasteiger partial charge in [-0.15, -0.1) is 0 Å². The number of aliphatic hydroxyl groups excluding tert-OH is 1. The predicted molar refractivity (Wildman–Crippen MR) is 158 cm³/mol. The van der Waals surface area contributed by atoms with Gasteiger partial charge in [0.2, 0.25) is 5.60 Å². The standard InChI is InChI=1S/C30H31N6O8P/c1-18(2)41-27(37)21(15-19-9-5-3-6-10-19)35-45(40,43-20-11-7-4-8-12-20)44-25-24-30(25,39)28(38)29(16-31,42-24)23-14-13-22-26(32)33-17-34-36(22)23/h3-14,17-18,21,24-25,28,38-39H,15H2,1-2H3,(H,35,40)(H2,32,33,34)/t21-,24+,25?,28-,29-,30-,45?/m0/s1. The normalized spacial score (nSPS) is 27.3. The van der Waals surface area contributed by atoms with E-state index < -0.39 is 55.4 Å². The third kappa shape index (κ3) is 5.44. The van der Waals surface area contributed by atoms with E-state index in [0.717, 1.165) is 5.56 Å². The van der Waals surface area contributed by atoms with Crippen molar-refractivity contribution in [2.75, 3.05) is 5.73 Å². The number of carbonyl (C=O) groups excluding carboxylic acids is 1. The first-order chi connectivity index (χ1) is 21.5. The number of hydrogen-bond acceptors (Lipinski definition) is 12. The number of nitrogen functional groups attached to an aromatic ring is 1. The summed E-state index contributed by atoms with van der Waals surface area (Å²) < 4.78 is 38.9. The van der Waals surface area contributed by atoms with E-state index >= 15 is 0 Å². The van der Waals surface area contributed by atoms with Gasteiger partial charge in [-0.3, -0.25) is 9.32 Å². The van der Waals surface area contributed by atoms with Gasteiger partial charge in [0.1, 0.15) is 48.0 Å². The maximum Gasteiger partial charge on any atom is 0.459 e. The monoisotopic (exact) mass is 634 g/mol. The van der Waals surface area contributed by atoms with Gasteiger partial charge in [0.25, 0.3) is 0 Å². The molecule has 1 saturated carbocycles. The molecule has 0 spiro atoms. The SMILES string of the molecule is CC(C)OC(=O)[C@H](Cc1ccccc1)NP(=O)(Oc1ccccc1)OC1[C@H]2O[C@@](C#N)(c3ccc4c(N)ncnn34)[C@H](O)[C@@]12O. The number of rotatable bonds is 11. The molecule has 2 aliphatic rings. The van der Waals surface area contributed by atoms with Gasteiger partial charge in [0, 0.05) is 0 Å². The van der Waals surface area contributed by atoms with Crippen LogP contribution in [0.15, 0.2) is 79.1 Å². The van der Waals surface area contributed by atoms with Crippen LogP contribution in [0, 0.1) is 11.3 Å². The highest BCUT2D eigenvalue weighted by Gasteiger charge is 2.84. The molecule has 1 saturated heterocycles. The van der Waals surface area contributed by atoms with Gasteiger partial charge in [-0.1, -0.05) is 48.5 Å². The van der Waals surface area contributed by atoms with Crippen molar-refractivity contribution in [3.63, 3.8) is 0 Å². The molecule has 0 bridgehead atoms. The number of anilines is 1. The van der Waals surface area contributed by atoms with Crippen LogP contribution < -0.4 is 15.3 Å². The molecule has 5 N–H and O–H groups in total. The van der Waals surface area contributed by atoms with Crippen molar-refractivity contribution in [3.8, 4) is 11.8 Å². The fourth-order valence-corrected chi connectivity index (χ4v) is 7.21. The van der Waals surface area contributed by atoms with Crippen molar-refractivity contribution in [2.24, 2.45) is 0 Å². The molecule has 14 nitrogen and oxygen atoms in total. The molecule has 1 aliphatic heterocycles. The van der Waals surface area contributed by atoms with Crippen molar-refractivity contribution in [1.82, 2.24) is 19.7 Å². The van der Waals surface area contributed by atoms with Crippen LogP contribution in [0.3, 0.4) is 0 Å². The molecule has 2 fully saturated rings. The molecule has 4 aromatic rings. The lowest BCUT2D eigenvalue weighted by atomic mass is 9.90. The number of carbonyl (C=O) groups is 1. The number of nitrogens with zero attached hydrogens (tertiary/aromatic N) is 4. The fourth-order valence-electron chi connectivity index (χ4n) is 5.49. The Morgan fingerprint density at radius 1 is 1.18 bits per heavy atom. The molecular weight excluding hydrogens is 603 g/mol. The minimum absolute atomic E-state index is 0.0687. The van der Waals surface area contributed by atoms with Crippen LogP contribution in [0.25, 0.3) is 5.52 Å². The third-order valence-electron chi connectivity index (χ3n) is 7.70. The largest absolute Gasteiger partial charge is 0.462 e. The van der Waals surface area contributed by atoms with Gasteiger partial charge in [-0.2, -0.15) is 15.4 Å². The fraction of sp³-hybridized carbons (Fsp3) is 0.333. The quantitative estimate of drug-likeness (QED) is 0.138. The average Bonchev–Trinajstić information content (AvgIpc) is 3.28. The smallest absolute Gasteiger partial charge is 0.459 e. The average molecular weight is 635 g/mol. The summed E-state index contributed by atoms with van der Waals surface area (Å²) in [5.41, 5.74) is 2.87. The first-order valence-electron chi connectivity index (χ1n) is 14.1. The van der Waals surface area contributed by atoms with Crippen LogP contribution in [-0.4, -0.2) is 66.8 Å². The summed E-state index contributed by atoms with van der Waals surface area (Å²) in [6.45, 7) is 3.37. The lowest BCUT2D eigenvalue weighted by molar-refractivity contribution is -0.149. The summed E-state index contributed by atoms with van der Waals surface area (Å²) in [4.78, 5) is 17.1. The second-order valence-corrected chi connectivity index (χ2v) is 12.8. The lowest BCUT2D eigenvalue weighted by Gasteiger charge is -2.31. The predicted octanol–water partition coefficient (Wildman–Crippen LogP) is 2.26. The zero-order chi connectivity index (χ0) is 32.0. The van der Waals surface area contributed by atoms with Crippen molar-refractivity contribution in [3.05, 3.63) is 90.4 Å². The number of aliphatic hydroxyl groups is 2. The molecule has 2 unspecified atom stereocenters. The van der Waals surface area contributed by atoms with E-state index in [1.54, 1.807) is 62.4 Å². The summed E-state index contributed by atoms with van der Waals surface area (Å²) in [6.07, 6.45) is -3.82. The molecule has 0 amide bonds. The Hall–Kier alpha value is -4.35. The number of fused-ring (bicyclic) bond motifs is 2. The lowest BCUT2D eigenvalue weighted by Crippen LogP contribution is -2.48. The number of benzene rings is 2. The number of ether oxygens (including phenoxy) is 2. The van der Waals surface area contributed by atoms with Crippen LogP contribution in [0.1, 0.15) is 25.1 Å². The summed E-state index contributed by atoms with van der Waals surface area (Å²) in [5.74, 6) is -0.426. The number of nitrogens with two attached hydrogens (primary N) is 1. The van der Waals surface area contributed by atoms with Crippen molar-refractivity contribution in [2.45, 2.75) is 61.9 Å². The van der Waals surface area contributed by atoms with Gasteiger partial charge in [0.05, 0.1) is 11.8 Å². The van der Waals surface area contributed by atoms with Crippen molar-refractivity contribution >= 4 is 25.1 Å². The number of nitriles is 1. The number of para-hydroxylation sites is 1. The second-order valence-electron chi connectivity index (χ2n) is 11.1. The van der Waals surface area contributed by atoms with E-state index in [1.165, 1.54) is 29.0 Å². The van der Waals surface area contributed by atoms with Crippen LogP contribution >= 0.6 is 7.75 Å². The number of hydrogen-bond donors (Lipinski definition) is 4. The highest BCUT2D eigenvalue weighted by atomic mass is 31.2. The van der Waals surface area contributed by atoms with E-state index in [4.69, 9.17) is 24.3 Å². The van der Waals surface area contributed by atoms with Gasteiger partial charge >= 0.3 is 13.7 Å². The minimum atomic E-state index is -4.53. The molecule has 15 heteroatoms. The Morgan fingerprint density at radius 2 is 1.87 bits per heavy atom. The van der Waals surface area contributed by atoms with E-state index in [0.29, 0.717) is 5.52 Å². The van der Waals surface area contributed by atoms with Gasteiger partial charge < -0.3 is 29.9 Å². The third-order valence-corrected chi connectivity index (χ3v) is 9.28. The Balaban J connectivity index is 1.30. The van der Waals surface area contributed by atoms with E-state index in [9.17, 15) is 24.8 Å². The summed E-state index contributed by atoms with van der Waals surface area (Å²) in [6, 6.07) is 20.9. The minimum Gasteiger partial charge on any atom is -0.462 e. The highest BCUT2D eigenvalue weighted by molar-refractivity contribution is 7.52. The molecule has 6 rings (SSSR count). The van der Waals surface area contributed by atoms with Crippen LogP contribution in [-0.2, 0) is 35.4 Å². The zero-order valence-electron chi connectivity index (χ0n) is 24.3. The number of nitrogens with one attached hydrogen (secondary N) is 1. The van der Waals surface area contributed by atoms with E-state index in [1.807, 2.05) is 12.1 Å². The maximum absolute atomic E-state index is 14.5. The Morgan fingerprint density at radius 3 is 2.49 bits per heavy atom. The number of aromatic nitrogens is 3. The van der Waals surface area contributed by atoms with Gasteiger partial charge in [0.15, 0.2) is 11.4 Å². The summed E-state index contributed by atoms with van der Waals surface area (Å²) in [7, 11) is -4.53. The Bertz CT molecular complexity index is 1800. The molecule has 1 aliphatic carbocycles. The topological polar surface area (TPSA) is 204 Å². The maximum atomic E-state index is 14.5. The zero-order valence-corrected chi connectivity index (χ0v) is 25.2. The summed E-state index contributed by atoms with van der Waals surface area (Å²) >= 11 is 0. The first-order valence-corrected chi connectivity index (χ1v) is 15.7. The van der Waals surface area contributed by atoms with Crippen molar-refractivity contribution < 1.29 is 38.1 Å².